The van der Waals surface area contributed by atoms with Gasteiger partial charge in [0, 0.05) is 25.7 Å². The minimum absolute atomic E-state index is 0.112. The van der Waals surface area contributed by atoms with E-state index in [4.69, 9.17) is 4.74 Å². The molecule has 0 fully saturated rings. The summed E-state index contributed by atoms with van der Waals surface area (Å²) in [5, 5.41) is 0. The summed E-state index contributed by atoms with van der Waals surface area (Å²) in [6.45, 7) is 5.74. The summed E-state index contributed by atoms with van der Waals surface area (Å²) >= 11 is 0. The second kappa shape index (κ2) is 8.33. The number of carbonyl (C=O) groups is 1. The van der Waals surface area contributed by atoms with Crippen molar-refractivity contribution in [3.63, 3.8) is 0 Å². The number of hydrogen-bond acceptors (Lipinski definition) is 4. The molecule has 26 heavy (non-hydrogen) atoms. The van der Waals surface area contributed by atoms with Crippen molar-refractivity contribution >= 4 is 21.6 Å². The fourth-order valence-corrected chi connectivity index (χ4v) is 3.73. The molecule has 0 aliphatic rings. The number of hydrogen-bond donors (Lipinski definition) is 1. The summed E-state index contributed by atoms with van der Waals surface area (Å²) in [6.07, 6.45) is 0. The normalized spacial score (nSPS) is 11.2. The lowest BCUT2D eigenvalue weighted by Crippen LogP contribution is -2.37. The molecule has 0 unspecified atom stereocenters. The van der Waals surface area contributed by atoms with Crippen LogP contribution in [-0.2, 0) is 14.8 Å². The monoisotopic (exact) mass is 376 g/mol. The molecule has 2 aromatic carbocycles. The molecular formula is C19H24N2O4S. The van der Waals surface area contributed by atoms with E-state index in [-0.39, 0.29) is 23.9 Å². The van der Waals surface area contributed by atoms with E-state index in [0.717, 1.165) is 16.8 Å². The first-order chi connectivity index (χ1) is 12.2. The van der Waals surface area contributed by atoms with Gasteiger partial charge in [0.15, 0.2) is 0 Å². The molecule has 0 saturated carbocycles. The van der Waals surface area contributed by atoms with Crippen molar-refractivity contribution in [1.29, 1.82) is 0 Å². The van der Waals surface area contributed by atoms with Gasteiger partial charge in [0.2, 0.25) is 15.9 Å². The van der Waals surface area contributed by atoms with Gasteiger partial charge in [0.25, 0.3) is 0 Å². The quantitative estimate of drug-likeness (QED) is 0.806. The summed E-state index contributed by atoms with van der Waals surface area (Å²) < 4.78 is 32.3. The van der Waals surface area contributed by atoms with Gasteiger partial charge < -0.3 is 9.64 Å². The summed E-state index contributed by atoms with van der Waals surface area (Å²) in [5.74, 6) is 0.445. The molecular weight excluding hydrogens is 352 g/mol. The van der Waals surface area contributed by atoms with Crippen LogP contribution >= 0.6 is 0 Å². The van der Waals surface area contributed by atoms with Crippen LogP contribution < -0.4 is 14.4 Å². The van der Waals surface area contributed by atoms with Crippen molar-refractivity contribution in [2.45, 2.75) is 25.7 Å². The molecule has 6 nitrogen and oxygen atoms in total. The minimum atomic E-state index is -3.65. The lowest BCUT2D eigenvalue weighted by molar-refractivity contribution is -0.116. The Labute approximate surface area is 154 Å². The van der Waals surface area contributed by atoms with E-state index in [0.29, 0.717) is 5.75 Å². The second-order valence-electron chi connectivity index (χ2n) is 6.09. The molecule has 2 aromatic rings. The molecule has 7 heteroatoms. The van der Waals surface area contributed by atoms with Gasteiger partial charge in [-0.1, -0.05) is 6.07 Å². The van der Waals surface area contributed by atoms with Crippen molar-refractivity contribution in [3.05, 3.63) is 53.6 Å². The van der Waals surface area contributed by atoms with Crippen molar-refractivity contribution in [2.24, 2.45) is 0 Å². The lowest BCUT2D eigenvalue weighted by Gasteiger charge is -2.22. The van der Waals surface area contributed by atoms with E-state index in [1.54, 1.807) is 17.0 Å². The Balaban J connectivity index is 2.08. The van der Waals surface area contributed by atoms with Crippen LogP contribution in [0.1, 0.15) is 18.1 Å². The number of anilines is 1. The Kier molecular flexibility index (Phi) is 6.39. The van der Waals surface area contributed by atoms with E-state index in [2.05, 4.69) is 4.72 Å². The number of carbonyl (C=O) groups excluding carboxylic acids is 1. The standard InChI is InChI=1S/C19H24N2O4S/c1-14-11-15(2)13-17(12-14)21(16(3)22)10-9-20-26(23,24)19-7-5-18(25-4)6-8-19/h5-8,11-13,20H,9-10H2,1-4H3. The maximum absolute atomic E-state index is 12.4. The maximum atomic E-state index is 12.4. The largest absolute Gasteiger partial charge is 0.497 e. The van der Waals surface area contributed by atoms with Gasteiger partial charge in [0.05, 0.1) is 12.0 Å². The SMILES string of the molecule is COc1ccc(S(=O)(=O)NCCN(C(C)=O)c2cc(C)cc(C)c2)cc1. The number of ether oxygens (including phenoxy) is 1. The zero-order chi connectivity index (χ0) is 19.3. The fourth-order valence-electron chi connectivity index (χ4n) is 2.70. The van der Waals surface area contributed by atoms with Gasteiger partial charge in [-0.2, -0.15) is 0 Å². The van der Waals surface area contributed by atoms with Crippen LogP contribution in [0.15, 0.2) is 47.4 Å². The van der Waals surface area contributed by atoms with Crippen LogP contribution in [0.2, 0.25) is 0 Å². The van der Waals surface area contributed by atoms with Gasteiger partial charge in [0.1, 0.15) is 5.75 Å². The van der Waals surface area contributed by atoms with E-state index in [1.165, 1.54) is 26.2 Å². The molecule has 140 valence electrons. The summed E-state index contributed by atoms with van der Waals surface area (Å²) in [7, 11) is -2.13. The predicted octanol–water partition coefficient (Wildman–Crippen LogP) is 2.64. The number of benzene rings is 2. The third-order valence-electron chi connectivity index (χ3n) is 3.90. The molecule has 1 N–H and O–H groups in total. The lowest BCUT2D eigenvalue weighted by atomic mass is 10.1. The van der Waals surface area contributed by atoms with Gasteiger partial charge in [-0.05, 0) is 61.4 Å². The second-order valence-corrected chi connectivity index (χ2v) is 7.86. The molecule has 0 aliphatic heterocycles. The molecule has 0 aliphatic carbocycles. The van der Waals surface area contributed by atoms with Crippen molar-refractivity contribution in [2.75, 3.05) is 25.1 Å². The third kappa shape index (κ3) is 5.06. The molecule has 0 atom stereocenters. The highest BCUT2D eigenvalue weighted by atomic mass is 32.2. The van der Waals surface area contributed by atoms with Gasteiger partial charge in [-0.3, -0.25) is 4.79 Å². The summed E-state index contributed by atoms with van der Waals surface area (Å²) in [6, 6.07) is 12.0. The molecule has 0 saturated heterocycles. The van der Waals surface area contributed by atoms with Crippen molar-refractivity contribution in [1.82, 2.24) is 4.72 Å². The number of amides is 1. The van der Waals surface area contributed by atoms with Crippen LogP contribution in [0.4, 0.5) is 5.69 Å². The Hall–Kier alpha value is -2.38. The topological polar surface area (TPSA) is 75.7 Å². The van der Waals surface area contributed by atoms with Crippen LogP contribution in [0.5, 0.6) is 5.75 Å². The van der Waals surface area contributed by atoms with E-state index >= 15 is 0 Å². The number of aryl methyl sites for hydroxylation is 2. The molecule has 0 spiro atoms. The Morgan fingerprint density at radius 2 is 1.65 bits per heavy atom. The fraction of sp³-hybridized carbons (Fsp3) is 0.316. The number of nitrogens with one attached hydrogen (secondary N) is 1. The van der Waals surface area contributed by atoms with Gasteiger partial charge in [-0.25, -0.2) is 13.1 Å². The zero-order valence-electron chi connectivity index (χ0n) is 15.4. The number of methoxy groups -OCH3 is 1. The van der Waals surface area contributed by atoms with Gasteiger partial charge >= 0.3 is 0 Å². The Bertz CT molecular complexity index is 857. The molecule has 0 heterocycles. The number of rotatable bonds is 7. The first-order valence-corrected chi connectivity index (χ1v) is 9.71. The van der Waals surface area contributed by atoms with E-state index in [9.17, 15) is 13.2 Å². The Morgan fingerprint density at radius 1 is 1.08 bits per heavy atom. The van der Waals surface area contributed by atoms with Crippen LogP contribution in [-0.4, -0.2) is 34.5 Å². The number of nitrogens with zero attached hydrogens (tertiary/aromatic N) is 1. The molecule has 2 rings (SSSR count). The molecule has 0 radical (unpaired) electrons. The predicted molar refractivity (Wildman–Crippen MR) is 102 cm³/mol. The number of sulfonamides is 1. The average molecular weight is 376 g/mol. The highest BCUT2D eigenvalue weighted by Crippen LogP contribution is 2.19. The van der Waals surface area contributed by atoms with E-state index in [1.807, 2.05) is 32.0 Å². The van der Waals surface area contributed by atoms with Crippen LogP contribution in [0.25, 0.3) is 0 Å². The Morgan fingerprint density at radius 3 is 2.15 bits per heavy atom. The highest BCUT2D eigenvalue weighted by molar-refractivity contribution is 7.89. The molecule has 0 aromatic heterocycles. The first-order valence-electron chi connectivity index (χ1n) is 8.23. The highest BCUT2D eigenvalue weighted by Gasteiger charge is 2.16. The smallest absolute Gasteiger partial charge is 0.240 e. The summed E-state index contributed by atoms with van der Waals surface area (Å²) in [4.78, 5) is 13.7. The third-order valence-corrected chi connectivity index (χ3v) is 5.37. The van der Waals surface area contributed by atoms with Crippen molar-refractivity contribution < 1.29 is 17.9 Å². The minimum Gasteiger partial charge on any atom is -0.497 e. The maximum Gasteiger partial charge on any atom is 0.240 e. The average Bonchev–Trinajstić information content (AvgIpc) is 2.57. The van der Waals surface area contributed by atoms with Gasteiger partial charge in [-0.15, -0.1) is 0 Å². The molecule has 0 bridgehead atoms. The van der Waals surface area contributed by atoms with Crippen molar-refractivity contribution in [3.8, 4) is 5.75 Å². The summed E-state index contributed by atoms with van der Waals surface area (Å²) in [5.41, 5.74) is 2.86. The van der Waals surface area contributed by atoms with Crippen LogP contribution in [0, 0.1) is 13.8 Å². The molecule has 1 amide bonds. The van der Waals surface area contributed by atoms with E-state index < -0.39 is 10.0 Å². The first kappa shape index (κ1) is 19.9. The zero-order valence-corrected chi connectivity index (χ0v) is 16.3. The van der Waals surface area contributed by atoms with Crippen LogP contribution in [0.3, 0.4) is 0 Å².